The van der Waals surface area contributed by atoms with Gasteiger partial charge in [0.2, 0.25) is 0 Å². The van der Waals surface area contributed by atoms with Gasteiger partial charge in [0, 0.05) is 68.1 Å². The van der Waals surface area contributed by atoms with Crippen molar-refractivity contribution in [3.63, 3.8) is 0 Å². The molecule has 2 saturated heterocycles. The van der Waals surface area contributed by atoms with Crippen molar-refractivity contribution in [2.45, 2.75) is 71.0 Å². The van der Waals surface area contributed by atoms with Crippen molar-refractivity contribution in [2.24, 2.45) is 0 Å². The molecule has 0 unspecified atom stereocenters. The zero-order valence-corrected chi connectivity index (χ0v) is 24.5. The minimum absolute atomic E-state index is 0.153. The molecule has 40 heavy (non-hydrogen) atoms. The highest BCUT2D eigenvalue weighted by Gasteiger charge is 2.33. The predicted molar refractivity (Wildman–Crippen MR) is 161 cm³/mol. The van der Waals surface area contributed by atoms with Gasteiger partial charge in [0.1, 0.15) is 0 Å². The summed E-state index contributed by atoms with van der Waals surface area (Å²) in [6, 6.07) is 13.3. The van der Waals surface area contributed by atoms with Crippen LogP contribution in [0, 0.1) is 0 Å². The molecular weight excluding hydrogens is 511 g/mol. The van der Waals surface area contributed by atoms with Gasteiger partial charge in [-0.1, -0.05) is 39.0 Å². The van der Waals surface area contributed by atoms with Crippen LogP contribution in [0.5, 0.6) is 0 Å². The quantitative estimate of drug-likeness (QED) is 0.344. The summed E-state index contributed by atoms with van der Waals surface area (Å²) in [5, 5.41) is 3.30. The minimum atomic E-state index is -4.45. The number of alkyl halides is 3. The van der Waals surface area contributed by atoms with E-state index in [-0.39, 0.29) is 17.1 Å². The number of nitrogen functional groups attached to an aromatic ring is 1. The first-order chi connectivity index (χ1) is 18.9. The SMILES string of the molecule is C/C=C(\CCCN1CCN(c2ccc(C(C)(C)C)cc2)CC1)N1CCC(Nc2ccc(N)c(C(F)(F)F)c2)CC1. The maximum absolute atomic E-state index is 13.2. The molecule has 2 fully saturated rings. The molecule has 2 aliphatic rings. The van der Waals surface area contributed by atoms with Crippen LogP contribution >= 0.6 is 0 Å². The van der Waals surface area contributed by atoms with Crippen LogP contribution in [0.4, 0.5) is 30.2 Å². The number of piperidine rings is 1. The molecular formula is C32H46F3N5. The second-order valence-electron chi connectivity index (χ2n) is 12.2. The lowest BCUT2D eigenvalue weighted by molar-refractivity contribution is -0.136. The Hall–Kier alpha value is -2.87. The van der Waals surface area contributed by atoms with E-state index in [0.29, 0.717) is 5.69 Å². The number of halogens is 3. The van der Waals surface area contributed by atoms with E-state index < -0.39 is 11.7 Å². The van der Waals surface area contributed by atoms with E-state index in [2.05, 4.69) is 78.1 Å². The fourth-order valence-corrected chi connectivity index (χ4v) is 5.81. The number of nitrogens with two attached hydrogens (primary N) is 1. The monoisotopic (exact) mass is 557 g/mol. The highest BCUT2D eigenvalue weighted by molar-refractivity contribution is 5.58. The lowest BCUT2D eigenvalue weighted by atomic mass is 9.87. The molecule has 0 radical (unpaired) electrons. The Bertz CT molecular complexity index is 1120. The van der Waals surface area contributed by atoms with Crippen LogP contribution in [0.25, 0.3) is 0 Å². The van der Waals surface area contributed by atoms with E-state index in [1.165, 1.54) is 23.0 Å². The number of nitrogens with zero attached hydrogens (tertiary/aromatic N) is 3. The molecule has 2 aromatic carbocycles. The fourth-order valence-electron chi connectivity index (χ4n) is 5.81. The number of hydrogen-bond donors (Lipinski definition) is 2. The van der Waals surface area contributed by atoms with Crippen molar-refractivity contribution in [3.05, 3.63) is 65.4 Å². The molecule has 8 heteroatoms. The van der Waals surface area contributed by atoms with Crippen molar-refractivity contribution in [2.75, 3.05) is 61.8 Å². The molecule has 0 saturated carbocycles. The molecule has 0 aliphatic carbocycles. The number of allylic oxidation sites excluding steroid dienone is 2. The summed E-state index contributed by atoms with van der Waals surface area (Å²) in [5.41, 5.74) is 9.26. The van der Waals surface area contributed by atoms with Gasteiger partial charge in [-0.2, -0.15) is 13.2 Å². The summed E-state index contributed by atoms with van der Waals surface area (Å²) < 4.78 is 39.6. The smallest absolute Gasteiger partial charge is 0.398 e. The lowest BCUT2D eigenvalue weighted by Gasteiger charge is -2.37. The van der Waals surface area contributed by atoms with Gasteiger partial charge in [0.15, 0.2) is 0 Å². The summed E-state index contributed by atoms with van der Waals surface area (Å²) in [6.45, 7) is 16.1. The van der Waals surface area contributed by atoms with Crippen LogP contribution in [-0.2, 0) is 11.6 Å². The van der Waals surface area contributed by atoms with E-state index >= 15 is 0 Å². The molecule has 2 heterocycles. The molecule has 0 atom stereocenters. The van der Waals surface area contributed by atoms with Gasteiger partial charge in [-0.3, -0.25) is 4.90 Å². The Morgan fingerprint density at radius 3 is 2.17 bits per heavy atom. The summed E-state index contributed by atoms with van der Waals surface area (Å²) in [7, 11) is 0. The highest BCUT2D eigenvalue weighted by atomic mass is 19.4. The van der Waals surface area contributed by atoms with E-state index in [1.54, 1.807) is 6.07 Å². The number of nitrogens with one attached hydrogen (secondary N) is 1. The number of rotatable bonds is 8. The minimum Gasteiger partial charge on any atom is -0.398 e. The number of likely N-dealkylation sites (tertiary alicyclic amines) is 1. The number of hydrogen-bond acceptors (Lipinski definition) is 5. The third-order valence-corrected chi connectivity index (χ3v) is 8.34. The van der Waals surface area contributed by atoms with Crippen molar-refractivity contribution >= 4 is 17.1 Å². The molecule has 220 valence electrons. The third kappa shape index (κ3) is 7.87. The maximum atomic E-state index is 13.2. The summed E-state index contributed by atoms with van der Waals surface area (Å²) in [4.78, 5) is 7.51. The topological polar surface area (TPSA) is 47.8 Å². The first kappa shape index (κ1) is 30.1. The number of anilines is 3. The van der Waals surface area contributed by atoms with Crippen molar-refractivity contribution in [1.82, 2.24) is 9.80 Å². The van der Waals surface area contributed by atoms with Crippen LogP contribution in [-0.4, -0.2) is 61.7 Å². The van der Waals surface area contributed by atoms with E-state index in [1.807, 2.05) is 0 Å². The van der Waals surface area contributed by atoms with Crippen LogP contribution in [0.3, 0.4) is 0 Å². The lowest BCUT2D eigenvalue weighted by Crippen LogP contribution is -2.46. The molecule has 0 aromatic heterocycles. The van der Waals surface area contributed by atoms with Crippen molar-refractivity contribution in [1.29, 1.82) is 0 Å². The van der Waals surface area contributed by atoms with Crippen molar-refractivity contribution in [3.8, 4) is 0 Å². The molecule has 0 amide bonds. The second-order valence-corrected chi connectivity index (χ2v) is 12.2. The Morgan fingerprint density at radius 2 is 1.60 bits per heavy atom. The fraction of sp³-hybridized carbons (Fsp3) is 0.562. The Labute approximate surface area is 238 Å². The molecule has 0 spiro atoms. The first-order valence-electron chi connectivity index (χ1n) is 14.7. The van der Waals surface area contributed by atoms with Gasteiger partial charge >= 0.3 is 6.18 Å². The van der Waals surface area contributed by atoms with Gasteiger partial charge in [-0.05, 0) is 80.5 Å². The van der Waals surface area contributed by atoms with Gasteiger partial charge in [0.05, 0.1) is 5.56 Å². The largest absolute Gasteiger partial charge is 0.418 e. The molecule has 0 bridgehead atoms. The van der Waals surface area contributed by atoms with Crippen LogP contribution < -0.4 is 16.0 Å². The average molecular weight is 558 g/mol. The molecule has 3 N–H and O–H groups in total. The zero-order chi connectivity index (χ0) is 28.9. The van der Waals surface area contributed by atoms with Gasteiger partial charge in [-0.15, -0.1) is 0 Å². The van der Waals surface area contributed by atoms with Crippen molar-refractivity contribution < 1.29 is 13.2 Å². The second kappa shape index (κ2) is 12.8. The molecule has 2 aromatic rings. The zero-order valence-electron chi connectivity index (χ0n) is 24.5. The summed E-state index contributed by atoms with van der Waals surface area (Å²) in [5.74, 6) is 0. The predicted octanol–water partition coefficient (Wildman–Crippen LogP) is 6.97. The van der Waals surface area contributed by atoms with Crippen LogP contribution in [0.1, 0.15) is 64.5 Å². The number of piperazine rings is 1. The summed E-state index contributed by atoms with van der Waals surface area (Å²) >= 11 is 0. The number of benzene rings is 2. The molecule has 5 nitrogen and oxygen atoms in total. The normalized spacial score (nSPS) is 18.3. The Balaban J connectivity index is 1.17. The summed E-state index contributed by atoms with van der Waals surface area (Å²) in [6.07, 6.45) is 1.74. The maximum Gasteiger partial charge on any atom is 0.418 e. The van der Waals surface area contributed by atoms with Crippen LogP contribution in [0.15, 0.2) is 54.2 Å². The molecule has 4 rings (SSSR count). The van der Waals surface area contributed by atoms with E-state index in [4.69, 9.17) is 5.73 Å². The first-order valence-corrected chi connectivity index (χ1v) is 14.7. The van der Waals surface area contributed by atoms with E-state index in [9.17, 15) is 13.2 Å². The third-order valence-electron chi connectivity index (χ3n) is 8.34. The highest BCUT2D eigenvalue weighted by Crippen LogP contribution is 2.35. The van der Waals surface area contributed by atoms with E-state index in [0.717, 1.165) is 77.6 Å². The van der Waals surface area contributed by atoms with Gasteiger partial charge in [0.25, 0.3) is 0 Å². The molecule has 2 aliphatic heterocycles. The van der Waals surface area contributed by atoms with Crippen LogP contribution in [0.2, 0.25) is 0 Å². The van der Waals surface area contributed by atoms with Gasteiger partial charge < -0.3 is 20.9 Å². The Morgan fingerprint density at radius 1 is 0.950 bits per heavy atom. The standard InChI is InChI=1S/C32H46F3N5/c1-5-27(39-17-14-25(15-18-39)37-26-10-13-30(36)29(23-26)32(33,34)35)7-6-16-38-19-21-40(22-20-38)28-11-8-24(9-12-28)31(2,3)4/h5,8-13,23,25,37H,6-7,14-22,36H2,1-4H3/b27-5+. The Kier molecular flexibility index (Phi) is 9.60. The average Bonchev–Trinajstić information content (AvgIpc) is 2.92. The van der Waals surface area contributed by atoms with Gasteiger partial charge in [-0.25, -0.2) is 0 Å².